The fraction of sp³-hybridized carbons (Fsp3) is 0.545. The van der Waals surface area contributed by atoms with Gasteiger partial charge in [0.05, 0.1) is 11.4 Å². The summed E-state index contributed by atoms with van der Waals surface area (Å²) in [5.74, 6) is 0.556. The van der Waals surface area contributed by atoms with Crippen molar-refractivity contribution in [2.24, 2.45) is 0 Å². The Kier molecular flexibility index (Phi) is 7.52. The molecule has 0 saturated carbocycles. The zero-order valence-electron chi connectivity index (χ0n) is 18.9. The molecule has 0 bridgehead atoms. The van der Waals surface area contributed by atoms with Crippen LogP contribution in [0.2, 0.25) is 0 Å². The monoisotopic (exact) mass is 480 g/mol. The van der Waals surface area contributed by atoms with Crippen LogP contribution in [0.4, 0.5) is 20.4 Å². The van der Waals surface area contributed by atoms with Crippen molar-refractivity contribution in [3.8, 4) is 0 Å². The molecule has 2 aliphatic heterocycles. The van der Waals surface area contributed by atoms with Gasteiger partial charge in [0.1, 0.15) is 17.5 Å². The molecule has 4 rings (SSSR count). The van der Waals surface area contributed by atoms with Gasteiger partial charge in [-0.1, -0.05) is 6.07 Å². The van der Waals surface area contributed by atoms with Gasteiger partial charge in [0, 0.05) is 69.9 Å². The summed E-state index contributed by atoms with van der Waals surface area (Å²) < 4.78 is 47.6. The van der Waals surface area contributed by atoms with E-state index < -0.39 is 22.7 Å². The van der Waals surface area contributed by atoms with Crippen LogP contribution in [0.5, 0.6) is 0 Å². The zero-order valence-corrected chi connectivity index (χ0v) is 19.7. The molecule has 0 aliphatic carbocycles. The van der Waals surface area contributed by atoms with E-state index >= 15 is 0 Å². The van der Waals surface area contributed by atoms with Crippen molar-refractivity contribution < 1.29 is 17.5 Å². The number of halogens is 2. The number of anilines is 2. The summed E-state index contributed by atoms with van der Waals surface area (Å²) in [4.78, 5) is 16.1. The molecule has 1 aromatic carbocycles. The molecule has 180 valence electrons. The average Bonchev–Trinajstić information content (AvgIpc) is 2.75. The van der Waals surface area contributed by atoms with Crippen molar-refractivity contribution in [3.63, 3.8) is 0 Å². The third-order valence-corrected chi connectivity index (χ3v) is 6.46. The normalized spacial score (nSPS) is 18.4. The average molecular weight is 481 g/mol. The smallest absolute Gasteiger partial charge is 0.172 e. The number of nitrogens with one attached hydrogen (secondary N) is 1. The maximum absolute atomic E-state index is 14.0. The van der Waals surface area contributed by atoms with E-state index in [1.54, 1.807) is 0 Å². The molecule has 11 heteroatoms. The van der Waals surface area contributed by atoms with Gasteiger partial charge in [0.15, 0.2) is 22.7 Å². The summed E-state index contributed by atoms with van der Waals surface area (Å²) >= 11 is -1.88. The highest BCUT2D eigenvalue weighted by molar-refractivity contribution is 7.79. The Morgan fingerprint density at radius 3 is 2.52 bits per heavy atom. The second-order valence-electron chi connectivity index (χ2n) is 8.84. The lowest BCUT2D eigenvalue weighted by Gasteiger charge is -2.37. The van der Waals surface area contributed by atoms with Gasteiger partial charge in [0.2, 0.25) is 0 Å². The van der Waals surface area contributed by atoms with Crippen molar-refractivity contribution in [1.29, 1.82) is 0 Å². The molecule has 0 amide bonds. The lowest BCUT2D eigenvalue weighted by Crippen LogP contribution is -2.47. The van der Waals surface area contributed by atoms with E-state index in [-0.39, 0.29) is 11.9 Å². The van der Waals surface area contributed by atoms with Crippen LogP contribution in [0, 0.1) is 11.6 Å². The summed E-state index contributed by atoms with van der Waals surface area (Å²) in [6.45, 7) is 8.59. The van der Waals surface area contributed by atoms with Crippen LogP contribution in [0.3, 0.4) is 0 Å². The molecule has 2 aliphatic rings. The fourth-order valence-electron chi connectivity index (χ4n) is 4.24. The number of rotatable bonds is 7. The second-order valence-corrected chi connectivity index (χ2v) is 9.74. The largest absolute Gasteiger partial charge is 0.365 e. The molecule has 1 atom stereocenters. The number of benzene rings is 1. The Labute approximate surface area is 195 Å². The van der Waals surface area contributed by atoms with E-state index in [2.05, 4.69) is 15.1 Å². The molecule has 1 saturated heterocycles. The Morgan fingerprint density at radius 1 is 1.09 bits per heavy atom. The lowest BCUT2D eigenvalue weighted by atomic mass is 10.1. The van der Waals surface area contributed by atoms with Crippen molar-refractivity contribution in [2.75, 3.05) is 48.8 Å². The zero-order chi connectivity index (χ0) is 23.5. The van der Waals surface area contributed by atoms with Crippen LogP contribution < -0.4 is 10.2 Å². The van der Waals surface area contributed by atoms with E-state index in [1.165, 1.54) is 12.1 Å². The molecular formula is C22H30F2N6O2S. The van der Waals surface area contributed by atoms with Crippen molar-refractivity contribution in [2.45, 2.75) is 39.4 Å². The van der Waals surface area contributed by atoms with Gasteiger partial charge in [-0.2, -0.15) is 0 Å². The fourth-order valence-corrected chi connectivity index (χ4v) is 4.77. The van der Waals surface area contributed by atoms with Crippen LogP contribution in [0.15, 0.2) is 18.2 Å². The standard InChI is InChI=1S/C22H30F2N6O2S/c1-15(2)25-21-22(27-19-5-6-29(14-33(31)32)13-20(19)26-21)30-9-7-28(8-10-30)12-16-3-4-17(23)11-18(16)24/h3-4,11,15H,5-10,12-14H2,1-2H3,(H,25,26)(H,31,32). The van der Waals surface area contributed by atoms with Gasteiger partial charge in [-0.3, -0.25) is 9.80 Å². The highest BCUT2D eigenvalue weighted by Crippen LogP contribution is 2.28. The van der Waals surface area contributed by atoms with Crippen LogP contribution in [0.25, 0.3) is 0 Å². The Balaban J connectivity index is 1.47. The molecule has 3 heterocycles. The van der Waals surface area contributed by atoms with E-state index in [1.807, 2.05) is 18.7 Å². The molecule has 0 radical (unpaired) electrons. The second kappa shape index (κ2) is 10.4. The summed E-state index contributed by atoms with van der Waals surface area (Å²) in [5.41, 5.74) is 2.26. The SMILES string of the molecule is CC(C)Nc1nc2c(nc1N1CCN(Cc3ccc(F)cc3F)CC1)CCN(CS(=O)O)C2. The number of fused-ring (bicyclic) bond motifs is 1. The summed E-state index contributed by atoms with van der Waals surface area (Å²) in [6.07, 6.45) is 0.679. The highest BCUT2D eigenvalue weighted by Gasteiger charge is 2.27. The summed E-state index contributed by atoms with van der Waals surface area (Å²) in [6, 6.07) is 3.90. The maximum Gasteiger partial charge on any atom is 0.172 e. The first-order chi connectivity index (χ1) is 15.8. The minimum atomic E-state index is -1.88. The van der Waals surface area contributed by atoms with E-state index in [9.17, 15) is 17.5 Å². The Bertz CT molecular complexity index is 1020. The molecule has 1 unspecified atom stereocenters. The van der Waals surface area contributed by atoms with Crippen LogP contribution in [-0.4, -0.2) is 73.2 Å². The van der Waals surface area contributed by atoms with E-state index in [4.69, 9.17) is 9.97 Å². The number of hydrogen-bond donors (Lipinski definition) is 2. The van der Waals surface area contributed by atoms with Crippen LogP contribution in [-0.2, 0) is 30.6 Å². The third-order valence-electron chi connectivity index (χ3n) is 5.87. The molecular weight excluding hydrogens is 450 g/mol. The van der Waals surface area contributed by atoms with Crippen molar-refractivity contribution in [1.82, 2.24) is 19.8 Å². The summed E-state index contributed by atoms with van der Waals surface area (Å²) in [5, 5.41) is 3.40. The molecule has 2 aromatic rings. The topological polar surface area (TPSA) is 84.8 Å². The third kappa shape index (κ3) is 6.03. The number of nitrogens with zero attached hydrogens (tertiary/aromatic N) is 5. The predicted molar refractivity (Wildman–Crippen MR) is 124 cm³/mol. The van der Waals surface area contributed by atoms with Gasteiger partial charge >= 0.3 is 0 Å². The molecule has 2 N–H and O–H groups in total. The van der Waals surface area contributed by atoms with Crippen molar-refractivity contribution >= 4 is 22.7 Å². The highest BCUT2D eigenvalue weighted by atomic mass is 32.2. The number of aromatic nitrogens is 2. The molecule has 0 spiro atoms. The Morgan fingerprint density at radius 2 is 1.85 bits per heavy atom. The maximum atomic E-state index is 14.0. The van der Waals surface area contributed by atoms with Gasteiger partial charge in [0.25, 0.3) is 0 Å². The van der Waals surface area contributed by atoms with Gasteiger partial charge in [-0.15, -0.1) is 0 Å². The molecule has 1 aromatic heterocycles. The quantitative estimate of drug-likeness (QED) is 0.585. The Hall–Kier alpha value is -2.21. The minimum absolute atomic E-state index is 0.104. The number of hydrogen-bond acceptors (Lipinski definition) is 7. The molecule has 1 fully saturated rings. The van der Waals surface area contributed by atoms with Gasteiger partial charge in [-0.25, -0.2) is 23.0 Å². The van der Waals surface area contributed by atoms with Crippen LogP contribution >= 0.6 is 0 Å². The van der Waals surface area contributed by atoms with E-state index in [0.29, 0.717) is 37.4 Å². The molecule has 8 nitrogen and oxygen atoms in total. The number of piperazine rings is 1. The first-order valence-corrected chi connectivity index (χ1v) is 12.4. The summed E-state index contributed by atoms with van der Waals surface area (Å²) in [7, 11) is 0. The first-order valence-electron chi connectivity index (χ1n) is 11.2. The van der Waals surface area contributed by atoms with E-state index in [0.717, 1.165) is 49.5 Å². The molecule has 33 heavy (non-hydrogen) atoms. The van der Waals surface area contributed by atoms with Crippen molar-refractivity contribution in [3.05, 3.63) is 46.8 Å². The van der Waals surface area contributed by atoms with Gasteiger partial charge in [-0.05, 0) is 19.9 Å². The first kappa shape index (κ1) is 23.9. The predicted octanol–water partition coefficient (Wildman–Crippen LogP) is 2.43. The van der Waals surface area contributed by atoms with Crippen LogP contribution in [0.1, 0.15) is 30.8 Å². The lowest BCUT2D eigenvalue weighted by molar-refractivity contribution is 0.245. The van der Waals surface area contributed by atoms with Gasteiger partial charge < -0.3 is 14.8 Å². The minimum Gasteiger partial charge on any atom is -0.365 e.